The molecular formula is C13H17N3O3S. The Bertz CT molecular complexity index is 522. The highest BCUT2D eigenvalue weighted by Gasteiger charge is 2.21. The molecule has 1 aromatic heterocycles. The second-order valence-electron chi connectivity index (χ2n) is 4.71. The summed E-state index contributed by atoms with van der Waals surface area (Å²) in [7, 11) is 0. The Hall–Kier alpha value is -1.63. The molecule has 0 spiro atoms. The zero-order chi connectivity index (χ0) is 14.5. The Morgan fingerprint density at radius 1 is 1.40 bits per heavy atom. The van der Waals surface area contributed by atoms with Crippen LogP contribution in [0.4, 0.5) is 0 Å². The van der Waals surface area contributed by atoms with Gasteiger partial charge in [-0.3, -0.25) is 4.79 Å². The van der Waals surface area contributed by atoms with Crippen molar-refractivity contribution >= 4 is 23.6 Å². The van der Waals surface area contributed by atoms with E-state index < -0.39 is 12.0 Å². The highest BCUT2D eigenvalue weighted by atomic mass is 32.2. The number of nitrogens with zero attached hydrogens (tertiary/aromatic N) is 2. The van der Waals surface area contributed by atoms with Gasteiger partial charge in [-0.15, -0.1) is 11.8 Å². The minimum absolute atomic E-state index is 0.262. The van der Waals surface area contributed by atoms with E-state index in [9.17, 15) is 9.59 Å². The van der Waals surface area contributed by atoms with Gasteiger partial charge in [-0.05, 0) is 25.7 Å². The minimum Gasteiger partial charge on any atom is -0.480 e. The van der Waals surface area contributed by atoms with Gasteiger partial charge >= 0.3 is 5.97 Å². The Labute approximate surface area is 121 Å². The van der Waals surface area contributed by atoms with Crippen molar-refractivity contribution in [1.82, 2.24) is 15.3 Å². The fourth-order valence-electron chi connectivity index (χ4n) is 2.20. The van der Waals surface area contributed by atoms with Crippen molar-refractivity contribution in [2.24, 2.45) is 0 Å². The summed E-state index contributed by atoms with van der Waals surface area (Å²) in [5.74, 6) is -1.11. The van der Waals surface area contributed by atoms with E-state index in [0.29, 0.717) is 0 Å². The molecule has 2 N–H and O–H groups in total. The van der Waals surface area contributed by atoms with Crippen molar-refractivity contribution in [3.8, 4) is 0 Å². The van der Waals surface area contributed by atoms with E-state index in [-0.39, 0.29) is 11.7 Å². The molecule has 1 atom stereocenters. The van der Waals surface area contributed by atoms with E-state index in [1.54, 1.807) is 0 Å². The minimum atomic E-state index is -1.03. The van der Waals surface area contributed by atoms with Crippen molar-refractivity contribution in [2.45, 2.75) is 43.7 Å². The van der Waals surface area contributed by atoms with Crippen LogP contribution in [0.25, 0.3) is 0 Å². The number of hydrogen-bond acceptors (Lipinski definition) is 5. The highest BCUT2D eigenvalue weighted by Crippen LogP contribution is 2.28. The summed E-state index contributed by atoms with van der Waals surface area (Å²) < 4.78 is 0. The Morgan fingerprint density at radius 2 is 2.15 bits per heavy atom. The molecule has 1 aromatic rings. The average molecular weight is 295 g/mol. The van der Waals surface area contributed by atoms with Crippen molar-refractivity contribution < 1.29 is 14.7 Å². The summed E-state index contributed by atoms with van der Waals surface area (Å²) in [4.78, 5) is 30.6. The fraction of sp³-hybridized carbons (Fsp3) is 0.538. The van der Waals surface area contributed by atoms with Gasteiger partial charge in [0, 0.05) is 23.9 Å². The first-order chi connectivity index (χ1) is 9.58. The predicted molar refractivity (Wildman–Crippen MR) is 74.6 cm³/mol. The first-order valence-electron chi connectivity index (χ1n) is 6.53. The topological polar surface area (TPSA) is 92.2 Å². The first kappa shape index (κ1) is 14.8. The van der Waals surface area contributed by atoms with E-state index in [4.69, 9.17) is 5.11 Å². The van der Waals surface area contributed by atoms with Crippen LogP contribution in [0.2, 0.25) is 0 Å². The van der Waals surface area contributed by atoms with Crippen molar-refractivity contribution in [1.29, 1.82) is 0 Å². The maximum absolute atomic E-state index is 11.1. The standard InChI is InChI=1S/C13H17N3O3S/c1-8(17)16-11(13(18)19)6-20-12-9-4-2-3-5-10(9)14-7-15-12/h7,11H,2-6H2,1H3,(H,16,17)(H,18,19)/t11-/m0/s1. The molecule has 0 bridgehead atoms. The molecule has 20 heavy (non-hydrogen) atoms. The number of aliphatic carboxylic acids is 1. The van der Waals surface area contributed by atoms with Gasteiger partial charge in [-0.2, -0.15) is 0 Å². The average Bonchev–Trinajstić information content (AvgIpc) is 2.42. The molecule has 1 aliphatic carbocycles. The molecule has 0 unspecified atom stereocenters. The number of carbonyl (C=O) groups is 2. The number of carboxylic acids is 1. The van der Waals surface area contributed by atoms with Gasteiger partial charge in [0.05, 0.1) is 0 Å². The number of carboxylic acid groups (broad SMARTS) is 1. The number of nitrogens with one attached hydrogen (secondary N) is 1. The van der Waals surface area contributed by atoms with Crippen molar-refractivity contribution in [3.05, 3.63) is 17.6 Å². The van der Waals surface area contributed by atoms with Crippen LogP contribution < -0.4 is 5.32 Å². The molecule has 0 aliphatic heterocycles. The molecule has 0 aromatic carbocycles. The number of thioether (sulfide) groups is 1. The van der Waals surface area contributed by atoms with E-state index in [1.807, 2.05) is 0 Å². The zero-order valence-corrected chi connectivity index (χ0v) is 12.1. The lowest BCUT2D eigenvalue weighted by Crippen LogP contribution is -2.41. The fourth-order valence-corrected chi connectivity index (χ4v) is 3.26. The van der Waals surface area contributed by atoms with Gasteiger partial charge in [0.1, 0.15) is 17.4 Å². The van der Waals surface area contributed by atoms with Crippen LogP contribution in [0.3, 0.4) is 0 Å². The molecule has 0 saturated carbocycles. The molecule has 1 amide bonds. The van der Waals surface area contributed by atoms with E-state index in [2.05, 4.69) is 15.3 Å². The van der Waals surface area contributed by atoms with Crippen LogP contribution in [0, 0.1) is 0 Å². The smallest absolute Gasteiger partial charge is 0.327 e. The maximum Gasteiger partial charge on any atom is 0.327 e. The Morgan fingerprint density at radius 3 is 2.85 bits per heavy atom. The van der Waals surface area contributed by atoms with Crippen LogP contribution in [-0.4, -0.2) is 38.7 Å². The van der Waals surface area contributed by atoms with Crippen LogP contribution in [-0.2, 0) is 22.4 Å². The molecular weight excluding hydrogens is 278 g/mol. The normalized spacial score (nSPS) is 15.2. The van der Waals surface area contributed by atoms with Gasteiger partial charge in [0.25, 0.3) is 0 Å². The summed E-state index contributed by atoms with van der Waals surface area (Å²) in [5.41, 5.74) is 2.20. The Kier molecular flexibility index (Phi) is 4.94. The molecule has 1 heterocycles. The van der Waals surface area contributed by atoms with Crippen molar-refractivity contribution in [2.75, 3.05) is 5.75 Å². The third-order valence-corrected chi connectivity index (χ3v) is 4.27. The summed E-state index contributed by atoms with van der Waals surface area (Å²) in [6, 6.07) is -0.897. The predicted octanol–water partition coefficient (Wildman–Crippen LogP) is 1.04. The van der Waals surface area contributed by atoms with Gasteiger partial charge < -0.3 is 10.4 Å². The van der Waals surface area contributed by atoms with Crippen LogP contribution in [0.5, 0.6) is 0 Å². The zero-order valence-electron chi connectivity index (χ0n) is 11.3. The number of hydrogen-bond donors (Lipinski definition) is 2. The summed E-state index contributed by atoms with van der Waals surface area (Å²) >= 11 is 1.37. The summed E-state index contributed by atoms with van der Waals surface area (Å²) in [6.07, 6.45) is 5.68. The molecule has 0 saturated heterocycles. The van der Waals surface area contributed by atoms with Gasteiger partial charge in [0.15, 0.2) is 0 Å². The molecule has 108 valence electrons. The molecule has 1 aliphatic rings. The lowest BCUT2D eigenvalue weighted by molar-refractivity contribution is -0.140. The first-order valence-corrected chi connectivity index (χ1v) is 7.52. The number of carbonyl (C=O) groups excluding carboxylic acids is 1. The number of rotatable bonds is 5. The van der Waals surface area contributed by atoms with Crippen LogP contribution in [0.1, 0.15) is 31.0 Å². The SMILES string of the molecule is CC(=O)N[C@@H](CSc1ncnc2c1CCCC2)C(=O)O. The number of amides is 1. The van der Waals surface area contributed by atoms with E-state index in [1.165, 1.54) is 25.0 Å². The molecule has 2 rings (SSSR count). The van der Waals surface area contributed by atoms with E-state index in [0.717, 1.165) is 42.0 Å². The lowest BCUT2D eigenvalue weighted by atomic mass is 9.98. The van der Waals surface area contributed by atoms with Gasteiger partial charge in [-0.1, -0.05) is 0 Å². The van der Waals surface area contributed by atoms with Crippen LogP contribution in [0.15, 0.2) is 11.4 Å². The quantitative estimate of drug-likeness (QED) is 0.623. The molecule has 0 fully saturated rings. The molecule has 6 nitrogen and oxygen atoms in total. The summed E-state index contributed by atoms with van der Waals surface area (Å²) in [6.45, 7) is 1.31. The third kappa shape index (κ3) is 3.69. The largest absolute Gasteiger partial charge is 0.480 e. The van der Waals surface area contributed by atoms with Gasteiger partial charge in [-0.25, -0.2) is 14.8 Å². The Balaban J connectivity index is 2.06. The van der Waals surface area contributed by atoms with Crippen LogP contribution >= 0.6 is 11.8 Å². The number of fused-ring (bicyclic) bond motifs is 1. The third-order valence-electron chi connectivity index (χ3n) is 3.15. The maximum atomic E-state index is 11.1. The second kappa shape index (κ2) is 6.69. The monoisotopic (exact) mass is 295 g/mol. The highest BCUT2D eigenvalue weighted by molar-refractivity contribution is 7.99. The lowest BCUT2D eigenvalue weighted by Gasteiger charge is -2.18. The number of aromatic nitrogens is 2. The van der Waals surface area contributed by atoms with Gasteiger partial charge in [0.2, 0.25) is 5.91 Å². The van der Waals surface area contributed by atoms with E-state index >= 15 is 0 Å². The summed E-state index contributed by atoms with van der Waals surface area (Å²) in [5, 5.41) is 12.3. The van der Waals surface area contributed by atoms with Crippen molar-refractivity contribution in [3.63, 3.8) is 0 Å². The number of aryl methyl sites for hydroxylation is 1. The second-order valence-corrected chi connectivity index (χ2v) is 5.72. The molecule has 0 radical (unpaired) electrons. The molecule has 7 heteroatoms.